The fourth-order valence-electron chi connectivity index (χ4n) is 3.68. The van der Waals surface area contributed by atoms with E-state index in [0.717, 1.165) is 63.4 Å². The largest absolute Gasteiger partial charge is 0.423 e. The quantitative estimate of drug-likeness (QED) is 0.138. The molecule has 0 unspecified atom stereocenters. The maximum Gasteiger partial charge on any atom is 0.311 e. The molecule has 0 spiro atoms. The second-order valence-corrected chi connectivity index (χ2v) is 9.78. The van der Waals surface area contributed by atoms with Crippen molar-refractivity contribution in [2.75, 3.05) is 0 Å². The number of ether oxygens (including phenoxy) is 2. The molecule has 4 nitrogen and oxygen atoms in total. The zero-order chi connectivity index (χ0) is 23.8. The summed E-state index contributed by atoms with van der Waals surface area (Å²) in [7, 11) is 0. The predicted molar refractivity (Wildman–Crippen MR) is 132 cm³/mol. The highest BCUT2D eigenvalue weighted by molar-refractivity contribution is 5.76. The van der Waals surface area contributed by atoms with Gasteiger partial charge in [0.15, 0.2) is 11.5 Å². The van der Waals surface area contributed by atoms with Gasteiger partial charge in [-0.15, -0.1) is 0 Å². The summed E-state index contributed by atoms with van der Waals surface area (Å²) in [5.41, 5.74) is 0.946. The summed E-state index contributed by atoms with van der Waals surface area (Å²) >= 11 is 0. The first-order chi connectivity index (χ1) is 15.3. The molecule has 0 saturated heterocycles. The summed E-state index contributed by atoms with van der Waals surface area (Å²) in [4.78, 5) is 25.0. The summed E-state index contributed by atoms with van der Waals surface area (Å²) in [6, 6.07) is 5.60. The van der Waals surface area contributed by atoms with Crippen LogP contribution in [0.1, 0.15) is 117 Å². The van der Waals surface area contributed by atoms with Crippen LogP contribution in [-0.2, 0) is 16.0 Å². The van der Waals surface area contributed by atoms with Gasteiger partial charge < -0.3 is 9.47 Å². The molecule has 32 heavy (non-hydrogen) atoms. The van der Waals surface area contributed by atoms with Gasteiger partial charge in [-0.05, 0) is 49.1 Å². The van der Waals surface area contributed by atoms with Crippen molar-refractivity contribution in [3.8, 4) is 11.5 Å². The number of unbranched alkanes of at least 4 members (excludes halogenated alkanes) is 5. The van der Waals surface area contributed by atoms with E-state index in [1.165, 1.54) is 12.8 Å². The molecule has 0 N–H and O–H groups in total. The van der Waals surface area contributed by atoms with Gasteiger partial charge >= 0.3 is 11.9 Å². The Morgan fingerprint density at radius 3 is 1.91 bits per heavy atom. The molecule has 1 aromatic rings. The number of rotatable bonds is 17. The van der Waals surface area contributed by atoms with Gasteiger partial charge in [0.2, 0.25) is 0 Å². The number of aryl methyl sites for hydroxylation is 1. The second-order valence-electron chi connectivity index (χ2n) is 9.78. The van der Waals surface area contributed by atoms with E-state index < -0.39 is 0 Å². The third kappa shape index (κ3) is 12.9. The third-order valence-corrected chi connectivity index (χ3v) is 5.62. The molecule has 0 radical (unpaired) electrons. The number of benzene rings is 1. The van der Waals surface area contributed by atoms with Crippen LogP contribution in [0, 0.1) is 11.8 Å². The molecule has 0 aromatic heterocycles. The van der Waals surface area contributed by atoms with E-state index in [9.17, 15) is 9.59 Å². The van der Waals surface area contributed by atoms with E-state index in [2.05, 4.69) is 34.6 Å². The molecule has 182 valence electrons. The Kier molecular flexibility index (Phi) is 14.8. The minimum atomic E-state index is -0.258. The summed E-state index contributed by atoms with van der Waals surface area (Å²) in [5.74, 6) is 1.59. The van der Waals surface area contributed by atoms with E-state index in [4.69, 9.17) is 9.47 Å². The topological polar surface area (TPSA) is 52.6 Å². The molecule has 0 atom stereocenters. The van der Waals surface area contributed by atoms with Crippen molar-refractivity contribution in [1.82, 2.24) is 0 Å². The summed E-state index contributed by atoms with van der Waals surface area (Å²) in [5, 5.41) is 0. The Bertz CT molecular complexity index is 663. The van der Waals surface area contributed by atoms with Gasteiger partial charge in [0, 0.05) is 12.8 Å². The minimum Gasteiger partial charge on any atom is -0.423 e. The Balaban J connectivity index is 2.78. The lowest BCUT2D eigenvalue weighted by atomic mass is 10.0. The van der Waals surface area contributed by atoms with Gasteiger partial charge in [-0.3, -0.25) is 9.59 Å². The molecule has 4 heteroatoms. The van der Waals surface area contributed by atoms with Crippen LogP contribution in [0.5, 0.6) is 11.5 Å². The fourth-order valence-corrected chi connectivity index (χ4v) is 3.68. The van der Waals surface area contributed by atoms with Crippen LogP contribution in [0.25, 0.3) is 0 Å². The third-order valence-electron chi connectivity index (χ3n) is 5.62. The van der Waals surface area contributed by atoms with E-state index in [1.54, 1.807) is 6.07 Å². The number of esters is 2. The van der Waals surface area contributed by atoms with Crippen LogP contribution in [0.15, 0.2) is 18.2 Å². The normalized spacial score (nSPS) is 11.2. The first-order valence-electron chi connectivity index (χ1n) is 12.9. The Morgan fingerprint density at radius 2 is 1.34 bits per heavy atom. The molecule has 0 aliphatic rings. The van der Waals surface area contributed by atoms with E-state index >= 15 is 0 Å². The van der Waals surface area contributed by atoms with Crippen molar-refractivity contribution >= 4 is 11.9 Å². The first kappa shape index (κ1) is 28.2. The van der Waals surface area contributed by atoms with Crippen molar-refractivity contribution in [3.05, 3.63) is 23.8 Å². The van der Waals surface area contributed by atoms with Crippen LogP contribution >= 0.6 is 0 Å². The van der Waals surface area contributed by atoms with Gasteiger partial charge in [-0.2, -0.15) is 0 Å². The van der Waals surface area contributed by atoms with Crippen LogP contribution in [0.2, 0.25) is 0 Å². The molecule has 0 heterocycles. The number of carbonyl (C=O) groups is 2. The lowest BCUT2D eigenvalue weighted by molar-refractivity contribution is -0.137. The number of para-hydroxylation sites is 1. The highest BCUT2D eigenvalue weighted by atomic mass is 16.6. The first-order valence-corrected chi connectivity index (χ1v) is 12.9. The van der Waals surface area contributed by atoms with Gasteiger partial charge in [0.05, 0.1) is 0 Å². The van der Waals surface area contributed by atoms with Crippen molar-refractivity contribution in [1.29, 1.82) is 0 Å². The molecule has 0 fully saturated rings. The Morgan fingerprint density at radius 1 is 0.750 bits per heavy atom. The Labute approximate surface area is 196 Å². The van der Waals surface area contributed by atoms with E-state index in [-0.39, 0.29) is 11.9 Å². The molecular formula is C28H46O4. The average Bonchev–Trinajstić information content (AvgIpc) is 2.73. The van der Waals surface area contributed by atoms with Crippen LogP contribution in [0.3, 0.4) is 0 Å². The van der Waals surface area contributed by atoms with Crippen LogP contribution in [0.4, 0.5) is 0 Å². The van der Waals surface area contributed by atoms with Gasteiger partial charge in [-0.25, -0.2) is 0 Å². The highest BCUT2D eigenvalue weighted by Crippen LogP contribution is 2.33. The van der Waals surface area contributed by atoms with Crippen molar-refractivity contribution in [2.45, 2.75) is 118 Å². The number of hydrogen-bond donors (Lipinski definition) is 0. The smallest absolute Gasteiger partial charge is 0.311 e. The monoisotopic (exact) mass is 446 g/mol. The lowest BCUT2D eigenvalue weighted by Crippen LogP contribution is -2.13. The molecule has 0 bridgehead atoms. The molecular weight excluding hydrogens is 400 g/mol. The lowest BCUT2D eigenvalue weighted by Gasteiger charge is -2.15. The molecule has 0 saturated carbocycles. The van der Waals surface area contributed by atoms with E-state index in [0.29, 0.717) is 36.2 Å². The highest BCUT2D eigenvalue weighted by Gasteiger charge is 2.18. The van der Waals surface area contributed by atoms with Gasteiger partial charge in [0.1, 0.15) is 0 Å². The zero-order valence-electron chi connectivity index (χ0n) is 21.2. The van der Waals surface area contributed by atoms with Crippen LogP contribution < -0.4 is 9.47 Å². The maximum atomic E-state index is 12.5. The van der Waals surface area contributed by atoms with Crippen molar-refractivity contribution in [2.24, 2.45) is 11.8 Å². The second kappa shape index (κ2) is 16.7. The van der Waals surface area contributed by atoms with Crippen LogP contribution in [-0.4, -0.2) is 11.9 Å². The van der Waals surface area contributed by atoms with Gasteiger partial charge in [-0.1, -0.05) is 91.7 Å². The molecule has 0 amide bonds. The van der Waals surface area contributed by atoms with Crippen molar-refractivity contribution in [3.63, 3.8) is 0 Å². The summed E-state index contributed by atoms with van der Waals surface area (Å²) in [6.07, 6.45) is 12.0. The number of carbonyl (C=O) groups excluding carboxylic acids is 2. The standard InChI is InChI=1S/C28H46O4/c1-6-7-8-9-17-24-18-14-19-25(31-26(29)20-12-10-15-22(2)3)28(24)32-27(30)21-13-11-16-23(4)5/h14,18-19,22-23H,6-13,15-17,20-21H2,1-5H3. The molecule has 0 aliphatic heterocycles. The molecule has 1 rings (SSSR count). The molecule has 0 aliphatic carbocycles. The minimum absolute atomic E-state index is 0.246. The van der Waals surface area contributed by atoms with Crippen molar-refractivity contribution < 1.29 is 19.1 Å². The maximum absolute atomic E-state index is 12.5. The Hall–Kier alpha value is -1.84. The average molecular weight is 447 g/mol. The summed E-state index contributed by atoms with van der Waals surface area (Å²) < 4.78 is 11.4. The van der Waals surface area contributed by atoms with Gasteiger partial charge in [0.25, 0.3) is 0 Å². The fraction of sp³-hybridized carbons (Fsp3) is 0.714. The predicted octanol–water partition coefficient (Wildman–Crippen LogP) is 8.05. The number of hydrogen-bond acceptors (Lipinski definition) is 4. The SMILES string of the molecule is CCCCCCc1cccc(OC(=O)CCCCC(C)C)c1OC(=O)CCCCC(C)C. The zero-order valence-corrected chi connectivity index (χ0v) is 21.2. The molecule has 1 aromatic carbocycles. The summed E-state index contributed by atoms with van der Waals surface area (Å²) in [6.45, 7) is 10.9. The van der Waals surface area contributed by atoms with E-state index in [1.807, 2.05) is 12.1 Å².